The molecule has 3 rings (SSSR count). The predicted molar refractivity (Wildman–Crippen MR) is 143 cm³/mol. The van der Waals surface area contributed by atoms with Crippen LogP contribution in [0, 0.1) is 18.2 Å². The summed E-state index contributed by atoms with van der Waals surface area (Å²) in [6, 6.07) is 2.51. The molecule has 2 heterocycles. The van der Waals surface area contributed by atoms with Crippen LogP contribution in [0.4, 0.5) is 4.39 Å². The van der Waals surface area contributed by atoms with E-state index in [0.717, 1.165) is 12.1 Å². The van der Waals surface area contributed by atoms with Crippen LogP contribution in [-0.2, 0) is 35.4 Å². The number of carbonyl (C=O) groups is 2. The molecule has 2 aliphatic rings. The quantitative estimate of drug-likeness (QED) is 0.177. The Labute approximate surface area is 235 Å². The molecule has 4 N–H and O–H groups in total. The van der Waals surface area contributed by atoms with Crippen LogP contribution >= 0.6 is 18.2 Å². The molecule has 2 aliphatic heterocycles. The molecule has 1 amide bonds. The largest absolute Gasteiger partial charge is 0.462 e. The van der Waals surface area contributed by atoms with Crippen molar-refractivity contribution in [3.05, 3.63) is 53.7 Å². The second-order valence-electron chi connectivity index (χ2n) is 8.90. The molecule has 1 aromatic carbocycles. The normalized spacial score (nSPS) is 27.1. The number of nitrogens with zero attached hydrogens (tertiary/aromatic N) is 1. The van der Waals surface area contributed by atoms with Gasteiger partial charge in [-0.3, -0.25) is 9.59 Å². The van der Waals surface area contributed by atoms with Crippen LogP contribution in [0.25, 0.3) is 0 Å². The number of nitrogens with one attached hydrogen (secondary N) is 2. The first-order chi connectivity index (χ1) is 18.2. The first kappa shape index (κ1) is 31.0. The van der Waals surface area contributed by atoms with Crippen molar-refractivity contribution in [2.45, 2.75) is 57.0 Å². The number of ether oxygens (including phenoxy) is 2. The van der Waals surface area contributed by atoms with Gasteiger partial charge in [-0.25, -0.2) is 9.48 Å². The van der Waals surface area contributed by atoms with Crippen LogP contribution in [0.1, 0.15) is 20.8 Å². The molecule has 39 heavy (non-hydrogen) atoms. The van der Waals surface area contributed by atoms with Crippen LogP contribution in [0.15, 0.2) is 42.9 Å². The maximum atomic E-state index is 13.7. The Morgan fingerprint density at radius 1 is 1.49 bits per heavy atom. The monoisotopic (exact) mass is 603 g/mol. The van der Waals surface area contributed by atoms with Crippen LogP contribution in [0.5, 0.6) is 5.75 Å². The summed E-state index contributed by atoms with van der Waals surface area (Å²) in [6.45, 7) is 4.41. The number of hydrogen-bond acceptors (Lipinski definition) is 10. The van der Waals surface area contributed by atoms with E-state index in [0.29, 0.717) is 0 Å². The first-order valence-electron chi connectivity index (χ1n) is 11.6. The highest BCUT2D eigenvalue weighted by atomic mass is 35.5. The highest BCUT2D eigenvalue weighted by Crippen LogP contribution is 2.47. The molecule has 1 saturated heterocycles. The molecule has 0 radical (unpaired) electrons. The van der Waals surface area contributed by atoms with Crippen LogP contribution in [0.2, 0.25) is 5.02 Å². The minimum Gasteiger partial charge on any atom is -0.462 e. The summed E-state index contributed by atoms with van der Waals surface area (Å²) < 4.78 is 36.4. The number of aliphatic hydroxyl groups is 2. The predicted octanol–water partition coefficient (Wildman–Crippen LogP) is 1.90. The Bertz CT molecular complexity index is 1260. The SMILES string of the molecule is C#C[C@@]1(O)[C@H](O)[C@@H](COP(=S)(N[C@@H](C)C(=O)OC(C)C)Oc2ccc(F)c(Cl)c2)O[C@H]1N1C=CC(=O)NC1=C. The lowest BCUT2D eigenvalue weighted by Gasteiger charge is -2.36. The number of carbonyl (C=O) groups excluding carboxylic acids is 2. The van der Waals surface area contributed by atoms with E-state index in [2.05, 4.69) is 22.9 Å². The zero-order valence-electron chi connectivity index (χ0n) is 21.2. The van der Waals surface area contributed by atoms with Gasteiger partial charge >= 0.3 is 12.6 Å². The van der Waals surface area contributed by atoms with Crippen molar-refractivity contribution >= 4 is 41.9 Å². The van der Waals surface area contributed by atoms with E-state index < -0.39 is 67.1 Å². The number of aliphatic hydroxyl groups excluding tert-OH is 1. The average molecular weight is 604 g/mol. The second kappa shape index (κ2) is 12.3. The van der Waals surface area contributed by atoms with Crippen molar-refractivity contribution in [2.24, 2.45) is 0 Å². The number of halogens is 2. The maximum absolute atomic E-state index is 13.7. The highest BCUT2D eigenvalue weighted by molar-refractivity contribution is 8.09. The summed E-state index contributed by atoms with van der Waals surface area (Å²) in [5.41, 5.74) is -2.25. The number of amides is 1. The Kier molecular flexibility index (Phi) is 9.80. The molecule has 1 aromatic rings. The van der Waals surface area contributed by atoms with E-state index in [-0.39, 0.29) is 16.6 Å². The van der Waals surface area contributed by atoms with Gasteiger partial charge in [0.05, 0.1) is 17.7 Å². The van der Waals surface area contributed by atoms with Gasteiger partial charge in [0.2, 0.25) is 0 Å². The Hall–Kier alpha value is -2.53. The van der Waals surface area contributed by atoms with Crippen molar-refractivity contribution < 1.29 is 42.7 Å². The lowest BCUT2D eigenvalue weighted by molar-refractivity contribution is -0.149. The number of hydrogen-bond donors (Lipinski definition) is 4. The van der Waals surface area contributed by atoms with Crippen molar-refractivity contribution in [1.29, 1.82) is 0 Å². The number of rotatable bonds is 10. The van der Waals surface area contributed by atoms with Crippen molar-refractivity contribution in [3.8, 4) is 18.1 Å². The van der Waals surface area contributed by atoms with Crippen LogP contribution < -0.4 is 14.9 Å². The van der Waals surface area contributed by atoms with Crippen LogP contribution in [-0.4, -0.2) is 69.8 Å². The maximum Gasteiger partial charge on any atom is 0.323 e. The first-order valence-corrected chi connectivity index (χ1v) is 14.6. The van der Waals surface area contributed by atoms with E-state index in [4.69, 9.17) is 48.4 Å². The standard InChI is InChI=1S/C24H28ClFN3O8PS/c1-6-24(33)21(31)19(36-23(24)29-10-9-20(30)27-15(29)5)12-34-38(39,28-14(4)22(32)35-13(2)3)37-16-7-8-18(26)17(25)11-16/h1,7-11,13-14,19,21,23,31,33H,5,12H2,2-4H3,(H,27,30)(H,28,39)/t14-,19+,21+,23+,24+,38?/m0/s1. The zero-order chi connectivity index (χ0) is 29.1. The molecule has 0 bridgehead atoms. The van der Waals surface area contributed by atoms with Gasteiger partial charge in [0, 0.05) is 18.3 Å². The molecule has 0 aromatic heterocycles. The lowest BCUT2D eigenvalue weighted by Crippen LogP contribution is -2.54. The highest BCUT2D eigenvalue weighted by Gasteiger charge is 2.57. The van der Waals surface area contributed by atoms with Gasteiger partial charge in [-0.1, -0.05) is 24.1 Å². The zero-order valence-corrected chi connectivity index (χ0v) is 23.6. The van der Waals surface area contributed by atoms with E-state index >= 15 is 0 Å². The molecular formula is C24H28ClFN3O8PS. The minimum absolute atomic E-state index is 0.0399. The third kappa shape index (κ3) is 7.16. The molecule has 1 unspecified atom stereocenters. The molecular weight excluding hydrogens is 576 g/mol. The molecule has 212 valence electrons. The van der Waals surface area contributed by atoms with Gasteiger partial charge in [0.1, 0.15) is 35.6 Å². The third-order valence-electron chi connectivity index (χ3n) is 5.52. The third-order valence-corrected chi connectivity index (χ3v) is 8.30. The fraction of sp³-hybridized carbons (Fsp3) is 0.417. The van der Waals surface area contributed by atoms with Gasteiger partial charge in [-0.2, -0.15) is 0 Å². The van der Waals surface area contributed by atoms with E-state index in [1.54, 1.807) is 13.8 Å². The van der Waals surface area contributed by atoms with E-state index in [1.807, 2.05) is 0 Å². The van der Waals surface area contributed by atoms with E-state index in [9.17, 15) is 24.2 Å². The van der Waals surface area contributed by atoms with Crippen molar-refractivity contribution in [2.75, 3.05) is 6.61 Å². The molecule has 11 nitrogen and oxygen atoms in total. The summed E-state index contributed by atoms with van der Waals surface area (Å²) in [6.07, 6.45) is 3.30. The smallest absolute Gasteiger partial charge is 0.323 e. The molecule has 1 fully saturated rings. The average Bonchev–Trinajstić information content (AvgIpc) is 3.10. The van der Waals surface area contributed by atoms with Gasteiger partial charge in [0.25, 0.3) is 5.91 Å². The fourth-order valence-corrected chi connectivity index (χ4v) is 6.18. The summed E-state index contributed by atoms with van der Waals surface area (Å²) in [5, 5.41) is 27.0. The topological polar surface area (TPSA) is 139 Å². The van der Waals surface area contributed by atoms with Crippen LogP contribution in [0.3, 0.4) is 0 Å². The molecule has 6 atom stereocenters. The molecule has 15 heteroatoms. The Morgan fingerprint density at radius 2 is 2.18 bits per heavy atom. The van der Waals surface area contributed by atoms with Gasteiger partial charge in [0.15, 0.2) is 11.8 Å². The van der Waals surface area contributed by atoms with Gasteiger partial charge in [-0.15, -0.1) is 6.42 Å². The fourth-order valence-electron chi connectivity index (χ4n) is 3.60. The number of benzene rings is 1. The Balaban J connectivity index is 1.83. The van der Waals surface area contributed by atoms with Crippen molar-refractivity contribution in [1.82, 2.24) is 15.3 Å². The Morgan fingerprint density at radius 3 is 2.77 bits per heavy atom. The molecule has 0 aliphatic carbocycles. The molecule has 0 spiro atoms. The van der Waals surface area contributed by atoms with Gasteiger partial charge in [-0.05, 0) is 44.7 Å². The summed E-state index contributed by atoms with van der Waals surface area (Å²) >= 11 is 11.5. The number of esters is 1. The van der Waals surface area contributed by atoms with E-state index in [1.165, 1.54) is 30.2 Å². The second-order valence-corrected chi connectivity index (χ2v) is 12.4. The lowest BCUT2D eigenvalue weighted by atomic mass is 9.94. The molecule has 0 saturated carbocycles. The summed E-state index contributed by atoms with van der Waals surface area (Å²) in [4.78, 5) is 25.3. The number of terminal acetylenes is 1. The van der Waals surface area contributed by atoms with Gasteiger partial charge < -0.3 is 39.0 Å². The van der Waals surface area contributed by atoms with Crippen molar-refractivity contribution in [3.63, 3.8) is 0 Å². The summed E-state index contributed by atoms with van der Waals surface area (Å²) in [5.74, 6) is 0.448. The minimum atomic E-state index is -3.66. The summed E-state index contributed by atoms with van der Waals surface area (Å²) in [7, 11) is 0.